The molecule has 0 unspecified atom stereocenters. The molecule has 0 amide bonds. The molecule has 0 atom stereocenters. The highest BCUT2D eigenvalue weighted by Gasteiger charge is 2.04. The lowest BCUT2D eigenvalue weighted by molar-refractivity contribution is -0.708. The predicted octanol–water partition coefficient (Wildman–Crippen LogP) is 3.05. The van der Waals surface area contributed by atoms with Gasteiger partial charge >= 0.3 is 0 Å². The summed E-state index contributed by atoms with van der Waals surface area (Å²) in [7, 11) is 5.89. The summed E-state index contributed by atoms with van der Waals surface area (Å²) in [6.45, 7) is 2.23. The Labute approximate surface area is 88.3 Å². The highest BCUT2D eigenvalue weighted by atomic mass is 33.1. The van der Waals surface area contributed by atoms with Gasteiger partial charge in [0.05, 0.1) is 0 Å². The first kappa shape index (κ1) is 10.9. The van der Waals surface area contributed by atoms with Gasteiger partial charge in [-0.1, -0.05) is 24.1 Å². The zero-order valence-corrected chi connectivity index (χ0v) is 9.83. The van der Waals surface area contributed by atoms with Gasteiger partial charge in [0.1, 0.15) is 7.05 Å². The molecule has 3 heteroatoms. The van der Waals surface area contributed by atoms with E-state index >= 15 is 0 Å². The second-order valence-electron chi connectivity index (χ2n) is 2.91. The molecule has 0 spiro atoms. The van der Waals surface area contributed by atoms with Crippen LogP contribution in [0.1, 0.15) is 19.8 Å². The Hall–Kier alpha value is -0.150. The van der Waals surface area contributed by atoms with E-state index in [0.717, 1.165) is 0 Å². The molecule has 0 aliphatic carbocycles. The van der Waals surface area contributed by atoms with Gasteiger partial charge in [0.25, 0.3) is 0 Å². The summed E-state index contributed by atoms with van der Waals surface area (Å²) < 4.78 is 2.16. The summed E-state index contributed by atoms with van der Waals surface area (Å²) in [5.74, 6) is 1.25. The van der Waals surface area contributed by atoms with E-state index in [9.17, 15) is 0 Å². The number of hydrogen-bond acceptors (Lipinski definition) is 2. The quantitative estimate of drug-likeness (QED) is 0.421. The SMILES string of the molecule is CCCCSSc1cccc[n+]1C. The lowest BCUT2D eigenvalue weighted by Crippen LogP contribution is -2.29. The fourth-order valence-corrected chi connectivity index (χ4v) is 3.31. The third-order valence-electron chi connectivity index (χ3n) is 1.73. The van der Waals surface area contributed by atoms with Gasteiger partial charge < -0.3 is 0 Å². The van der Waals surface area contributed by atoms with Gasteiger partial charge in [0.2, 0.25) is 5.03 Å². The van der Waals surface area contributed by atoms with Gasteiger partial charge in [-0.05, 0) is 12.5 Å². The molecule has 1 nitrogen and oxygen atoms in total. The van der Waals surface area contributed by atoms with Crippen LogP contribution in [0.2, 0.25) is 0 Å². The predicted molar refractivity (Wildman–Crippen MR) is 60.8 cm³/mol. The van der Waals surface area contributed by atoms with Gasteiger partial charge in [0.15, 0.2) is 6.20 Å². The van der Waals surface area contributed by atoms with E-state index in [-0.39, 0.29) is 0 Å². The van der Waals surface area contributed by atoms with Crippen molar-refractivity contribution in [2.45, 2.75) is 24.8 Å². The molecule has 0 aromatic carbocycles. The molecule has 0 radical (unpaired) electrons. The molecule has 0 bridgehead atoms. The summed E-state index contributed by atoms with van der Waals surface area (Å²) in [6.07, 6.45) is 4.69. The summed E-state index contributed by atoms with van der Waals surface area (Å²) in [5.41, 5.74) is 0. The average Bonchev–Trinajstić information content (AvgIpc) is 2.15. The van der Waals surface area contributed by atoms with E-state index in [4.69, 9.17) is 0 Å². The number of aryl methyl sites for hydroxylation is 1. The van der Waals surface area contributed by atoms with E-state index in [1.807, 2.05) is 21.6 Å². The van der Waals surface area contributed by atoms with Crippen molar-refractivity contribution in [3.05, 3.63) is 24.4 Å². The minimum absolute atomic E-state index is 1.25. The second-order valence-corrected chi connectivity index (χ2v) is 5.34. The maximum atomic E-state index is 2.23. The Bertz CT molecular complexity index is 250. The van der Waals surface area contributed by atoms with Crippen molar-refractivity contribution in [3.63, 3.8) is 0 Å². The van der Waals surface area contributed by atoms with Crippen molar-refractivity contribution in [2.24, 2.45) is 7.05 Å². The van der Waals surface area contributed by atoms with E-state index in [2.05, 4.69) is 42.9 Å². The Balaban J connectivity index is 2.32. The molecule has 0 N–H and O–H groups in total. The third-order valence-corrected chi connectivity index (χ3v) is 4.27. The molecule has 0 saturated carbocycles. The Kier molecular flexibility index (Phi) is 5.32. The first-order valence-electron chi connectivity index (χ1n) is 4.58. The summed E-state index contributed by atoms with van der Waals surface area (Å²) >= 11 is 0. The molecular weight excluding hydrogens is 198 g/mol. The fourth-order valence-electron chi connectivity index (χ4n) is 0.900. The molecule has 1 aromatic heterocycles. The molecule has 13 heavy (non-hydrogen) atoms. The van der Waals surface area contributed by atoms with Crippen LogP contribution in [0.4, 0.5) is 0 Å². The molecule has 0 saturated heterocycles. The van der Waals surface area contributed by atoms with Crippen LogP contribution < -0.4 is 4.57 Å². The van der Waals surface area contributed by atoms with E-state index in [1.165, 1.54) is 23.6 Å². The summed E-state index contributed by atoms with van der Waals surface area (Å²) in [6, 6.07) is 6.30. The fraction of sp³-hybridized carbons (Fsp3) is 0.500. The smallest absolute Gasteiger partial charge is 0.195 e. The largest absolute Gasteiger partial charge is 0.250 e. The number of pyridine rings is 1. The van der Waals surface area contributed by atoms with Gasteiger partial charge in [-0.25, -0.2) is 0 Å². The number of aromatic nitrogens is 1. The lowest BCUT2D eigenvalue weighted by atomic mass is 10.4. The van der Waals surface area contributed by atoms with Crippen LogP contribution in [0, 0.1) is 0 Å². The molecule has 0 fully saturated rings. The highest BCUT2D eigenvalue weighted by Crippen LogP contribution is 2.28. The van der Waals surface area contributed by atoms with Crippen LogP contribution in [0.5, 0.6) is 0 Å². The van der Waals surface area contributed by atoms with Crippen LogP contribution in [-0.4, -0.2) is 5.75 Å². The summed E-state index contributed by atoms with van der Waals surface area (Å²) in [5, 5.41) is 1.32. The number of unbranched alkanes of at least 4 members (excludes halogenated alkanes) is 1. The van der Waals surface area contributed by atoms with Crippen molar-refractivity contribution in [1.82, 2.24) is 0 Å². The zero-order valence-electron chi connectivity index (χ0n) is 8.19. The van der Waals surface area contributed by atoms with Crippen LogP contribution in [0.3, 0.4) is 0 Å². The average molecular weight is 214 g/mol. The Morgan fingerprint density at radius 3 is 2.92 bits per heavy atom. The van der Waals surface area contributed by atoms with Crippen molar-refractivity contribution >= 4 is 21.6 Å². The van der Waals surface area contributed by atoms with Crippen LogP contribution >= 0.6 is 21.6 Å². The number of hydrogen-bond donors (Lipinski definition) is 0. The van der Waals surface area contributed by atoms with Gasteiger partial charge in [0, 0.05) is 28.7 Å². The zero-order chi connectivity index (χ0) is 9.52. The lowest BCUT2D eigenvalue weighted by Gasteiger charge is -1.97. The monoisotopic (exact) mass is 214 g/mol. The van der Waals surface area contributed by atoms with Gasteiger partial charge in [-0.2, -0.15) is 4.57 Å². The Morgan fingerprint density at radius 2 is 2.23 bits per heavy atom. The minimum atomic E-state index is 1.25. The van der Waals surface area contributed by atoms with Crippen LogP contribution in [0.15, 0.2) is 29.4 Å². The molecule has 1 aromatic rings. The molecule has 0 aliphatic rings. The highest BCUT2D eigenvalue weighted by molar-refractivity contribution is 8.76. The first-order chi connectivity index (χ1) is 6.34. The van der Waals surface area contributed by atoms with E-state index in [1.54, 1.807) is 0 Å². The van der Waals surface area contributed by atoms with E-state index in [0.29, 0.717) is 0 Å². The van der Waals surface area contributed by atoms with Crippen molar-refractivity contribution in [3.8, 4) is 0 Å². The standard InChI is InChI=1S/C10H16NS2/c1-3-4-9-12-13-10-7-5-6-8-11(10)2/h5-8H,3-4,9H2,1-2H3/q+1. The topological polar surface area (TPSA) is 3.88 Å². The number of nitrogens with zero attached hydrogens (tertiary/aromatic N) is 1. The minimum Gasteiger partial charge on any atom is -0.195 e. The molecular formula is C10H16NS2+. The normalized spacial score (nSPS) is 10.3. The van der Waals surface area contributed by atoms with E-state index < -0.39 is 0 Å². The molecule has 0 aliphatic heterocycles. The maximum absolute atomic E-state index is 2.23. The Morgan fingerprint density at radius 1 is 1.38 bits per heavy atom. The van der Waals surface area contributed by atoms with Crippen LogP contribution in [0.25, 0.3) is 0 Å². The maximum Gasteiger partial charge on any atom is 0.250 e. The molecule has 1 rings (SSSR count). The second kappa shape index (κ2) is 6.33. The summed E-state index contributed by atoms with van der Waals surface area (Å²) in [4.78, 5) is 0. The van der Waals surface area contributed by atoms with Crippen molar-refractivity contribution in [1.29, 1.82) is 0 Å². The first-order valence-corrected chi connectivity index (χ1v) is 6.90. The van der Waals surface area contributed by atoms with Gasteiger partial charge in [-0.15, -0.1) is 0 Å². The number of rotatable bonds is 5. The molecule has 1 heterocycles. The van der Waals surface area contributed by atoms with Crippen LogP contribution in [-0.2, 0) is 7.05 Å². The van der Waals surface area contributed by atoms with Gasteiger partial charge in [-0.3, -0.25) is 0 Å². The van der Waals surface area contributed by atoms with Crippen molar-refractivity contribution in [2.75, 3.05) is 5.75 Å². The molecule has 72 valence electrons. The third kappa shape index (κ3) is 4.05. The van der Waals surface area contributed by atoms with Crippen molar-refractivity contribution < 1.29 is 4.57 Å².